The highest BCUT2D eigenvalue weighted by atomic mass is 19.4. The van der Waals surface area contributed by atoms with Gasteiger partial charge in [-0.25, -0.2) is 4.98 Å². The van der Waals surface area contributed by atoms with E-state index in [-0.39, 0.29) is 12.5 Å². The van der Waals surface area contributed by atoms with Crippen LogP contribution in [0.4, 0.5) is 13.2 Å². The first-order valence-corrected chi connectivity index (χ1v) is 6.18. The molecular formula is C14H15F3N2O. The minimum Gasteiger partial charge on any atom is -0.448 e. The van der Waals surface area contributed by atoms with Crippen LogP contribution < -0.4 is 5.32 Å². The largest absolute Gasteiger partial charge is 0.448 e. The van der Waals surface area contributed by atoms with Crippen molar-refractivity contribution < 1.29 is 17.6 Å². The predicted molar refractivity (Wildman–Crippen MR) is 68.2 cm³/mol. The number of alkyl halides is 3. The number of hydrogen-bond donors (Lipinski definition) is 1. The van der Waals surface area contributed by atoms with Gasteiger partial charge in [0.25, 0.3) is 0 Å². The fourth-order valence-corrected chi connectivity index (χ4v) is 1.79. The number of halogens is 3. The second kappa shape index (κ2) is 5.66. The van der Waals surface area contributed by atoms with Gasteiger partial charge in [0.2, 0.25) is 0 Å². The topological polar surface area (TPSA) is 38.1 Å². The van der Waals surface area contributed by atoms with Crippen molar-refractivity contribution in [2.24, 2.45) is 0 Å². The zero-order valence-electron chi connectivity index (χ0n) is 11.2. The molecule has 108 valence electrons. The second-order valence-corrected chi connectivity index (χ2v) is 4.55. The van der Waals surface area contributed by atoms with Crippen molar-refractivity contribution in [1.29, 1.82) is 0 Å². The Labute approximate surface area is 114 Å². The van der Waals surface area contributed by atoms with Gasteiger partial charge < -0.3 is 9.73 Å². The van der Waals surface area contributed by atoms with E-state index in [1.165, 1.54) is 12.3 Å². The summed E-state index contributed by atoms with van der Waals surface area (Å²) in [5.74, 6) is 0.404. The molecule has 0 fully saturated rings. The number of rotatable bonds is 4. The maximum Gasteiger partial charge on any atom is 0.416 e. The van der Waals surface area contributed by atoms with E-state index in [2.05, 4.69) is 10.3 Å². The molecule has 0 saturated carbocycles. The Kier molecular flexibility index (Phi) is 4.13. The molecule has 0 aliphatic heterocycles. The van der Waals surface area contributed by atoms with Crippen LogP contribution in [-0.2, 0) is 12.6 Å². The van der Waals surface area contributed by atoms with Crippen molar-refractivity contribution in [3.05, 3.63) is 53.2 Å². The summed E-state index contributed by atoms with van der Waals surface area (Å²) in [6, 6.07) is 5.21. The van der Waals surface area contributed by atoms with E-state index in [0.717, 1.165) is 17.8 Å². The molecule has 0 saturated heterocycles. The maximum absolute atomic E-state index is 12.6. The van der Waals surface area contributed by atoms with Gasteiger partial charge in [-0.2, -0.15) is 13.2 Å². The van der Waals surface area contributed by atoms with Crippen LogP contribution in [0.1, 0.15) is 35.7 Å². The molecule has 2 rings (SSSR count). The van der Waals surface area contributed by atoms with Crippen LogP contribution in [0.25, 0.3) is 0 Å². The smallest absolute Gasteiger partial charge is 0.416 e. The number of benzene rings is 1. The van der Waals surface area contributed by atoms with Gasteiger partial charge in [0.05, 0.1) is 11.3 Å². The summed E-state index contributed by atoms with van der Waals surface area (Å²) >= 11 is 0. The van der Waals surface area contributed by atoms with Crippen LogP contribution in [-0.4, -0.2) is 12.0 Å². The van der Waals surface area contributed by atoms with E-state index in [0.29, 0.717) is 11.5 Å². The van der Waals surface area contributed by atoms with Crippen molar-refractivity contribution >= 4 is 0 Å². The first-order valence-electron chi connectivity index (χ1n) is 6.18. The molecule has 1 unspecified atom stereocenters. The van der Waals surface area contributed by atoms with Crippen LogP contribution in [0.3, 0.4) is 0 Å². The molecule has 0 aliphatic carbocycles. The molecule has 1 aromatic heterocycles. The third kappa shape index (κ3) is 3.39. The molecule has 2 aromatic rings. The minimum atomic E-state index is -4.33. The van der Waals surface area contributed by atoms with Gasteiger partial charge in [-0.05, 0) is 25.6 Å². The molecule has 0 bridgehead atoms. The van der Waals surface area contributed by atoms with Gasteiger partial charge in [0.1, 0.15) is 6.26 Å². The minimum absolute atomic E-state index is 0.0361. The third-order valence-electron chi connectivity index (χ3n) is 3.06. The molecule has 6 heteroatoms. The molecule has 1 heterocycles. The van der Waals surface area contributed by atoms with E-state index in [1.807, 2.05) is 6.92 Å². The molecule has 0 aliphatic rings. The van der Waals surface area contributed by atoms with E-state index in [4.69, 9.17) is 4.42 Å². The standard InChI is InChI=1S/C14H15F3N2O/c1-9(18-2)12-8-20-13(19-12)7-10-4-3-5-11(6-10)14(15,16)17/h3-6,8-9,18H,7H2,1-2H3. The number of nitrogens with zero attached hydrogens (tertiary/aromatic N) is 1. The molecule has 1 N–H and O–H groups in total. The highest BCUT2D eigenvalue weighted by molar-refractivity contribution is 5.27. The highest BCUT2D eigenvalue weighted by Gasteiger charge is 2.30. The summed E-state index contributed by atoms with van der Waals surface area (Å²) in [4.78, 5) is 4.26. The Morgan fingerprint density at radius 3 is 2.75 bits per heavy atom. The lowest BCUT2D eigenvalue weighted by Crippen LogP contribution is -2.12. The van der Waals surface area contributed by atoms with Crippen LogP contribution in [0, 0.1) is 0 Å². The molecule has 3 nitrogen and oxygen atoms in total. The lowest BCUT2D eigenvalue weighted by Gasteiger charge is -2.07. The van der Waals surface area contributed by atoms with Crippen LogP contribution in [0.2, 0.25) is 0 Å². The fraction of sp³-hybridized carbons (Fsp3) is 0.357. The zero-order valence-corrected chi connectivity index (χ0v) is 11.2. The molecule has 0 spiro atoms. The number of hydrogen-bond acceptors (Lipinski definition) is 3. The first kappa shape index (κ1) is 14.6. The van der Waals surface area contributed by atoms with Crippen molar-refractivity contribution in [2.45, 2.75) is 25.6 Å². The predicted octanol–water partition coefficient (Wildman–Crippen LogP) is 3.56. The Hall–Kier alpha value is -1.82. The van der Waals surface area contributed by atoms with Crippen molar-refractivity contribution in [2.75, 3.05) is 7.05 Å². The van der Waals surface area contributed by atoms with Gasteiger partial charge >= 0.3 is 6.18 Å². The molecule has 1 aromatic carbocycles. The quantitative estimate of drug-likeness (QED) is 0.932. The summed E-state index contributed by atoms with van der Waals surface area (Å²) in [6.45, 7) is 1.92. The average Bonchev–Trinajstić information content (AvgIpc) is 2.85. The monoisotopic (exact) mass is 284 g/mol. The second-order valence-electron chi connectivity index (χ2n) is 4.55. The fourth-order valence-electron chi connectivity index (χ4n) is 1.79. The number of oxazole rings is 1. The van der Waals surface area contributed by atoms with Crippen molar-refractivity contribution in [3.8, 4) is 0 Å². The molecule has 0 radical (unpaired) electrons. The van der Waals surface area contributed by atoms with Crippen LogP contribution >= 0.6 is 0 Å². The van der Waals surface area contributed by atoms with E-state index >= 15 is 0 Å². The lowest BCUT2D eigenvalue weighted by atomic mass is 10.1. The zero-order chi connectivity index (χ0) is 14.8. The Morgan fingerprint density at radius 1 is 1.35 bits per heavy atom. The van der Waals surface area contributed by atoms with Gasteiger partial charge in [-0.15, -0.1) is 0 Å². The third-order valence-corrected chi connectivity index (χ3v) is 3.06. The van der Waals surface area contributed by atoms with E-state index in [9.17, 15) is 13.2 Å². The summed E-state index contributed by atoms with van der Waals surface area (Å²) in [5.41, 5.74) is 0.588. The van der Waals surface area contributed by atoms with E-state index < -0.39 is 11.7 Å². The number of nitrogens with one attached hydrogen (secondary N) is 1. The van der Waals surface area contributed by atoms with E-state index in [1.54, 1.807) is 13.1 Å². The van der Waals surface area contributed by atoms with Crippen LogP contribution in [0.15, 0.2) is 34.9 Å². The van der Waals surface area contributed by atoms with Crippen LogP contribution in [0.5, 0.6) is 0 Å². The van der Waals surface area contributed by atoms with Crippen molar-refractivity contribution in [1.82, 2.24) is 10.3 Å². The summed E-state index contributed by atoms with van der Waals surface area (Å²) < 4.78 is 43.1. The maximum atomic E-state index is 12.6. The lowest BCUT2D eigenvalue weighted by molar-refractivity contribution is -0.137. The average molecular weight is 284 g/mol. The summed E-state index contributed by atoms with van der Waals surface area (Å²) in [7, 11) is 1.80. The SMILES string of the molecule is CNC(C)c1coc(Cc2cccc(C(F)(F)F)c2)n1. The van der Waals surface area contributed by atoms with Crippen molar-refractivity contribution in [3.63, 3.8) is 0 Å². The van der Waals surface area contributed by atoms with Gasteiger partial charge in [0, 0.05) is 12.5 Å². The number of aromatic nitrogens is 1. The normalized spacial score (nSPS) is 13.4. The van der Waals surface area contributed by atoms with Gasteiger partial charge in [0.15, 0.2) is 5.89 Å². The van der Waals surface area contributed by atoms with Gasteiger partial charge in [-0.1, -0.05) is 18.2 Å². The molecule has 0 amide bonds. The van der Waals surface area contributed by atoms with Gasteiger partial charge in [-0.3, -0.25) is 0 Å². The Bertz CT molecular complexity index is 578. The molecule has 1 atom stereocenters. The Balaban J connectivity index is 2.16. The highest BCUT2D eigenvalue weighted by Crippen LogP contribution is 2.30. The molecular weight excluding hydrogens is 269 g/mol. The summed E-state index contributed by atoms with van der Waals surface area (Å²) in [5, 5.41) is 3.02. The summed E-state index contributed by atoms with van der Waals surface area (Å²) in [6.07, 6.45) is -2.58. The first-order chi connectivity index (χ1) is 9.40. The molecule has 20 heavy (non-hydrogen) atoms. The Morgan fingerprint density at radius 2 is 2.10 bits per heavy atom.